The molecule has 0 aliphatic rings. The molecule has 0 aliphatic carbocycles. The molecule has 1 atom stereocenters. The van der Waals surface area contributed by atoms with E-state index in [2.05, 4.69) is 10.2 Å². The van der Waals surface area contributed by atoms with E-state index in [1.54, 1.807) is 18.2 Å². The fourth-order valence-electron chi connectivity index (χ4n) is 1.95. The Morgan fingerprint density at radius 2 is 2.10 bits per heavy atom. The number of para-hydroxylation sites is 1. The number of halogens is 1. The van der Waals surface area contributed by atoms with Gasteiger partial charge in [-0.1, -0.05) is 23.7 Å². The molecule has 0 amide bonds. The number of hydrogen-bond acceptors (Lipinski definition) is 5. The van der Waals surface area contributed by atoms with Crippen LogP contribution in [0.1, 0.15) is 17.5 Å². The first-order valence-corrected chi connectivity index (χ1v) is 6.38. The van der Waals surface area contributed by atoms with Gasteiger partial charge in [0.2, 0.25) is 5.88 Å². The quantitative estimate of drug-likeness (QED) is 0.802. The van der Waals surface area contributed by atoms with Crippen molar-refractivity contribution in [1.82, 2.24) is 10.2 Å². The van der Waals surface area contributed by atoms with Gasteiger partial charge in [-0.05, 0) is 18.2 Å². The fourth-order valence-corrected chi connectivity index (χ4v) is 2.17. The van der Waals surface area contributed by atoms with Crippen molar-refractivity contribution in [1.29, 1.82) is 0 Å². The lowest BCUT2D eigenvalue weighted by atomic mass is 10.1. The lowest BCUT2D eigenvalue weighted by Gasteiger charge is -2.07. The van der Waals surface area contributed by atoms with Crippen molar-refractivity contribution >= 4 is 22.6 Å². The first kappa shape index (κ1) is 12.9. The summed E-state index contributed by atoms with van der Waals surface area (Å²) in [7, 11) is 1.53. The molecule has 0 saturated carbocycles. The van der Waals surface area contributed by atoms with Crippen LogP contribution in [-0.4, -0.2) is 17.3 Å². The maximum Gasteiger partial charge on any atom is 0.233 e. The second kappa shape index (κ2) is 5.11. The second-order valence-electron chi connectivity index (χ2n) is 4.29. The summed E-state index contributed by atoms with van der Waals surface area (Å²) in [5, 5.41) is 9.38. The molecule has 0 fully saturated rings. The predicted molar refractivity (Wildman–Crippen MR) is 75.8 cm³/mol. The lowest BCUT2D eigenvalue weighted by molar-refractivity contribution is 0.390. The first-order chi connectivity index (χ1) is 9.69. The maximum atomic E-state index is 6.14. The fraction of sp³-hybridized carbons (Fsp3) is 0.143. The Morgan fingerprint density at radius 1 is 1.25 bits per heavy atom. The van der Waals surface area contributed by atoms with E-state index in [4.69, 9.17) is 26.5 Å². The maximum absolute atomic E-state index is 6.14. The van der Waals surface area contributed by atoms with Gasteiger partial charge >= 0.3 is 0 Å². The minimum atomic E-state index is -0.503. The van der Waals surface area contributed by atoms with Crippen LogP contribution in [0.25, 0.3) is 11.0 Å². The van der Waals surface area contributed by atoms with E-state index in [0.717, 1.165) is 5.39 Å². The van der Waals surface area contributed by atoms with Crippen LogP contribution < -0.4 is 10.5 Å². The molecule has 1 aromatic carbocycles. The largest absolute Gasteiger partial charge is 0.480 e. The molecule has 0 spiro atoms. The molecular weight excluding hydrogens is 278 g/mol. The zero-order chi connectivity index (χ0) is 14.1. The van der Waals surface area contributed by atoms with Gasteiger partial charge in [-0.2, -0.15) is 0 Å². The average molecular weight is 290 g/mol. The molecule has 0 aliphatic heterocycles. The third kappa shape index (κ3) is 2.21. The second-order valence-corrected chi connectivity index (χ2v) is 4.69. The van der Waals surface area contributed by atoms with Crippen molar-refractivity contribution in [2.24, 2.45) is 5.73 Å². The van der Waals surface area contributed by atoms with Gasteiger partial charge in [0.05, 0.1) is 17.8 Å². The van der Waals surface area contributed by atoms with Gasteiger partial charge in [-0.3, -0.25) is 0 Å². The van der Waals surface area contributed by atoms with Crippen LogP contribution in [0.15, 0.2) is 40.8 Å². The van der Waals surface area contributed by atoms with E-state index in [-0.39, 0.29) is 0 Å². The monoisotopic (exact) mass is 289 g/mol. The standard InChI is InChI=1S/C14H12ClN3O2/c1-19-12-6-5-10(17-18-12)13(16)11-7-8-3-2-4-9(15)14(8)20-11/h2-7,13H,16H2,1H3. The number of methoxy groups -OCH3 is 1. The molecule has 2 N–H and O–H groups in total. The van der Waals surface area contributed by atoms with E-state index in [0.29, 0.717) is 27.9 Å². The van der Waals surface area contributed by atoms with Crippen LogP contribution in [-0.2, 0) is 0 Å². The number of furan rings is 1. The van der Waals surface area contributed by atoms with Crippen molar-refractivity contribution in [2.45, 2.75) is 6.04 Å². The zero-order valence-corrected chi connectivity index (χ0v) is 11.5. The summed E-state index contributed by atoms with van der Waals surface area (Å²) in [5.41, 5.74) is 7.37. The molecule has 2 heterocycles. The number of benzene rings is 1. The number of hydrogen-bond donors (Lipinski definition) is 1. The molecule has 3 rings (SSSR count). The van der Waals surface area contributed by atoms with Gasteiger partial charge < -0.3 is 14.9 Å². The Hall–Kier alpha value is -2.11. The number of nitrogens with zero attached hydrogens (tertiary/aromatic N) is 2. The van der Waals surface area contributed by atoms with E-state index in [1.807, 2.05) is 18.2 Å². The number of rotatable bonds is 3. The molecule has 0 bridgehead atoms. The summed E-state index contributed by atoms with van der Waals surface area (Å²) in [4.78, 5) is 0. The normalized spacial score (nSPS) is 12.6. The smallest absolute Gasteiger partial charge is 0.233 e. The lowest BCUT2D eigenvalue weighted by Crippen LogP contribution is -2.13. The third-order valence-corrected chi connectivity index (χ3v) is 3.31. The molecule has 5 nitrogen and oxygen atoms in total. The van der Waals surface area contributed by atoms with Crippen LogP contribution in [0.3, 0.4) is 0 Å². The molecule has 0 saturated heterocycles. The van der Waals surface area contributed by atoms with Crippen molar-refractivity contribution < 1.29 is 9.15 Å². The van der Waals surface area contributed by atoms with Gasteiger partial charge in [-0.25, -0.2) is 0 Å². The molecule has 0 radical (unpaired) electrons. The van der Waals surface area contributed by atoms with Gasteiger partial charge in [0.1, 0.15) is 11.8 Å². The Morgan fingerprint density at radius 3 is 2.75 bits per heavy atom. The molecule has 1 unspecified atom stereocenters. The Balaban J connectivity index is 1.98. The number of nitrogens with two attached hydrogens (primary N) is 1. The van der Waals surface area contributed by atoms with Crippen molar-refractivity contribution in [2.75, 3.05) is 7.11 Å². The summed E-state index contributed by atoms with van der Waals surface area (Å²) in [6.07, 6.45) is 0. The third-order valence-electron chi connectivity index (χ3n) is 3.01. The summed E-state index contributed by atoms with van der Waals surface area (Å²) in [6.45, 7) is 0. The van der Waals surface area contributed by atoms with Gasteiger partial charge in [-0.15, -0.1) is 10.2 Å². The highest BCUT2D eigenvalue weighted by atomic mass is 35.5. The number of aromatic nitrogens is 2. The van der Waals surface area contributed by atoms with Crippen molar-refractivity contribution in [3.05, 3.63) is 52.9 Å². The summed E-state index contributed by atoms with van der Waals surface area (Å²) in [5.74, 6) is 1.03. The highest BCUT2D eigenvalue weighted by Crippen LogP contribution is 2.30. The predicted octanol–water partition coefficient (Wildman–Crippen LogP) is 2.93. The van der Waals surface area contributed by atoms with Gasteiger partial charge in [0, 0.05) is 11.5 Å². The van der Waals surface area contributed by atoms with E-state index < -0.39 is 6.04 Å². The minimum Gasteiger partial charge on any atom is -0.480 e. The van der Waals surface area contributed by atoms with E-state index in [1.165, 1.54) is 7.11 Å². The Labute approximate surface area is 120 Å². The van der Waals surface area contributed by atoms with Crippen molar-refractivity contribution in [3.8, 4) is 5.88 Å². The van der Waals surface area contributed by atoms with Crippen LogP contribution >= 0.6 is 11.6 Å². The highest BCUT2D eigenvalue weighted by Gasteiger charge is 2.17. The molecular formula is C14H12ClN3O2. The molecule has 20 heavy (non-hydrogen) atoms. The van der Waals surface area contributed by atoms with E-state index >= 15 is 0 Å². The van der Waals surface area contributed by atoms with Gasteiger partial charge in [0.15, 0.2) is 5.58 Å². The number of ether oxygens (including phenoxy) is 1. The van der Waals surface area contributed by atoms with E-state index in [9.17, 15) is 0 Å². The average Bonchev–Trinajstić information content (AvgIpc) is 2.92. The highest BCUT2D eigenvalue weighted by molar-refractivity contribution is 6.34. The summed E-state index contributed by atoms with van der Waals surface area (Å²) < 4.78 is 10.7. The van der Waals surface area contributed by atoms with Crippen molar-refractivity contribution in [3.63, 3.8) is 0 Å². The minimum absolute atomic E-state index is 0.439. The van der Waals surface area contributed by atoms with Crippen LogP contribution in [0.4, 0.5) is 0 Å². The molecule has 6 heteroatoms. The Bertz CT molecular complexity index is 740. The van der Waals surface area contributed by atoms with Crippen LogP contribution in [0.5, 0.6) is 5.88 Å². The first-order valence-electron chi connectivity index (χ1n) is 6.00. The molecule has 102 valence electrons. The summed E-state index contributed by atoms with van der Waals surface area (Å²) in [6, 6.07) is 10.4. The topological polar surface area (TPSA) is 74.2 Å². The van der Waals surface area contributed by atoms with Crippen LogP contribution in [0, 0.1) is 0 Å². The number of fused-ring (bicyclic) bond motifs is 1. The zero-order valence-electron chi connectivity index (χ0n) is 10.7. The SMILES string of the molecule is COc1ccc(C(N)c2cc3cccc(Cl)c3o2)nn1. The van der Waals surface area contributed by atoms with Gasteiger partial charge in [0.25, 0.3) is 0 Å². The summed E-state index contributed by atoms with van der Waals surface area (Å²) >= 11 is 6.08. The molecule has 3 aromatic rings. The van der Waals surface area contributed by atoms with Crippen LogP contribution in [0.2, 0.25) is 5.02 Å². The molecule has 2 aromatic heterocycles. The Kier molecular flexibility index (Phi) is 3.30.